The molecule has 33 heavy (non-hydrogen) atoms. The van der Waals surface area contributed by atoms with Gasteiger partial charge in [-0.3, -0.25) is 14.5 Å². The van der Waals surface area contributed by atoms with Crippen LogP contribution in [0.25, 0.3) is 11.3 Å². The van der Waals surface area contributed by atoms with Crippen molar-refractivity contribution in [3.63, 3.8) is 0 Å². The summed E-state index contributed by atoms with van der Waals surface area (Å²) in [5.41, 5.74) is 2.60. The number of benzene rings is 2. The smallest absolute Gasteiger partial charge is 0.265 e. The second-order valence-electron chi connectivity index (χ2n) is 8.04. The Kier molecular flexibility index (Phi) is 5.68. The zero-order chi connectivity index (χ0) is 22.9. The number of anilines is 2. The molecule has 1 saturated heterocycles. The molecule has 0 spiro atoms. The number of oxazole rings is 1. The maximum atomic E-state index is 13.0. The Morgan fingerprint density at radius 3 is 2.55 bits per heavy atom. The molecule has 0 bridgehead atoms. The first-order chi connectivity index (χ1) is 16.0. The molecule has 8 nitrogen and oxygen atoms in total. The molecule has 2 aromatic carbocycles. The number of carbonyl (C=O) groups excluding carboxylic acids is 2. The molecule has 3 aromatic rings. The lowest BCUT2D eigenvalue weighted by molar-refractivity contribution is -0.132. The molecule has 3 heterocycles. The van der Waals surface area contributed by atoms with Crippen molar-refractivity contribution in [1.82, 2.24) is 9.88 Å². The number of fused-ring (bicyclic) bond motifs is 1. The Labute approximate surface area is 196 Å². The fourth-order valence-corrected chi connectivity index (χ4v) is 4.30. The SMILES string of the molecule is Cc1ncc(-c2ccc(N3CCN(C(=O)CN4C(=O)COc5ccc(Cl)cc54)CC3)cc2)o1. The lowest BCUT2D eigenvalue weighted by Gasteiger charge is -2.37. The van der Waals surface area contributed by atoms with Gasteiger partial charge in [-0.05, 0) is 42.5 Å². The van der Waals surface area contributed by atoms with E-state index in [9.17, 15) is 9.59 Å². The van der Waals surface area contributed by atoms with Crippen molar-refractivity contribution in [1.29, 1.82) is 0 Å². The number of piperazine rings is 1. The van der Waals surface area contributed by atoms with E-state index in [1.54, 1.807) is 29.3 Å². The van der Waals surface area contributed by atoms with Crippen LogP contribution in [-0.4, -0.2) is 61.0 Å². The second kappa shape index (κ2) is 8.78. The minimum absolute atomic E-state index is 0.0270. The fourth-order valence-electron chi connectivity index (χ4n) is 4.13. The van der Waals surface area contributed by atoms with Crippen LogP contribution in [0, 0.1) is 6.92 Å². The van der Waals surface area contributed by atoms with E-state index in [0.29, 0.717) is 48.5 Å². The molecule has 9 heteroatoms. The van der Waals surface area contributed by atoms with Crippen LogP contribution in [0.1, 0.15) is 5.89 Å². The average molecular weight is 467 g/mol. The van der Waals surface area contributed by atoms with Crippen LogP contribution in [0.4, 0.5) is 11.4 Å². The molecule has 0 N–H and O–H groups in total. The molecule has 2 amide bonds. The number of hydrogen-bond donors (Lipinski definition) is 0. The van der Waals surface area contributed by atoms with Crippen molar-refractivity contribution < 1.29 is 18.7 Å². The molecule has 5 rings (SSSR count). The summed E-state index contributed by atoms with van der Waals surface area (Å²) in [5.74, 6) is 1.60. The minimum Gasteiger partial charge on any atom is -0.482 e. The predicted molar refractivity (Wildman–Crippen MR) is 125 cm³/mol. The third-order valence-corrected chi connectivity index (χ3v) is 6.16. The van der Waals surface area contributed by atoms with E-state index in [1.165, 1.54) is 4.90 Å². The molecular formula is C24H23ClN4O4. The van der Waals surface area contributed by atoms with E-state index in [1.807, 2.05) is 19.1 Å². The van der Waals surface area contributed by atoms with Gasteiger partial charge in [-0.1, -0.05) is 11.6 Å². The molecular weight excluding hydrogens is 444 g/mol. The number of nitrogens with zero attached hydrogens (tertiary/aromatic N) is 4. The average Bonchev–Trinajstić information content (AvgIpc) is 3.27. The molecule has 0 saturated carbocycles. The van der Waals surface area contributed by atoms with E-state index in [-0.39, 0.29) is 25.0 Å². The van der Waals surface area contributed by atoms with E-state index >= 15 is 0 Å². The van der Waals surface area contributed by atoms with E-state index in [2.05, 4.69) is 22.0 Å². The van der Waals surface area contributed by atoms with Crippen LogP contribution < -0.4 is 14.5 Å². The lowest BCUT2D eigenvalue weighted by Crippen LogP contribution is -2.53. The maximum Gasteiger partial charge on any atom is 0.265 e. The first kappa shape index (κ1) is 21.3. The largest absolute Gasteiger partial charge is 0.482 e. The molecule has 0 unspecified atom stereocenters. The Morgan fingerprint density at radius 2 is 1.85 bits per heavy atom. The van der Waals surface area contributed by atoms with Crippen molar-refractivity contribution in [3.05, 3.63) is 59.6 Å². The highest BCUT2D eigenvalue weighted by molar-refractivity contribution is 6.31. The summed E-state index contributed by atoms with van der Waals surface area (Å²) in [7, 11) is 0. The van der Waals surface area contributed by atoms with E-state index in [4.69, 9.17) is 20.8 Å². The normalized spacial score (nSPS) is 15.9. The highest BCUT2D eigenvalue weighted by Gasteiger charge is 2.30. The molecule has 1 aromatic heterocycles. The van der Waals surface area contributed by atoms with Gasteiger partial charge in [0.15, 0.2) is 18.3 Å². The highest BCUT2D eigenvalue weighted by Crippen LogP contribution is 2.34. The number of halogens is 1. The number of rotatable bonds is 4. The van der Waals surface area contributed by atoms with Crippen LogP contribution >= 0.6 is 11.6 Å². The predicted octanol–water partition coefficient (Wildman–Crippen LogP) is 3.38. The summed E-state index contributed by atoms with van der Waals surface area (Å²) in [4.78, 5) is 35.0. The van der Waals surface area contributed by atoms with Gasteiger partial charge in [-0.25, -0.2) is 4.98 Å². The zero-order valence-corrected chi connectivity index (χ0v) is 18.9. The monoisotopic (exact) mass is 466 g/mol. The van der Waals surface area contributed by atoms with Crippen LogP contribution in [0.15, 0.2) is 53.1 Å². The summed E-state index contributed by atoms with van der Waals surface area (Å²) in [5, 5.41) is 0.488. The van der Waals surface area contributed by atoms with Gasteiger partial charge in [0.25, 0.3) is 5.91 Å². The van der Waals surface area contributed by atoms with Gasteiger partial charge in [0.1, 0.15) is 12.3 Å². The van der Waals surface area contributed by atoms with Crippen molar-refractivity contribution >= 4 is 34.8 Å². The molecule has 2 aliphatic rings. The Hall–Kier alpha value is -3.52. The molecule has 0 aliphatic carbocycles. The first-order valence-corrected chi connectivity index (χ1v) is 11.1. The van der Waals surface area contributed by atoms with Gasteiger partial charge < -0.3 is 19.0 Å². The van der Waals surface area contributed by atoms with Gasteiger partial charge in [0.2, 0.25) is 5.91 Å². The van der Waals surface area contributed by atoms with Crippen molar-refractivity contribution in [2.45, 2.75) is 6.92 Å². The second-order valence-corrected chi connectivity index (χ2v) is 8.48. The van der Waals surface area contributed by atoms with Crippen molar-refractivity contribution in [2.24, 2.45) is 0 Å². The van der Waals surface area contributed by atoms with E-state index in [0.717, 1.165) is 17.0 Å². The fraction of sp³-hybridized carbons (Fsp3) is 0.292. The summed E-state index contributed by atoms with van der Waals surface area (Å²) in [6.45, 7) is 4.31. The van der Waals surface area contributed by atoms with Crippen LogP contribution in [0.2, 0.25) is 5.02 Å². The Bertz CT molecular complexity index is 1190. The zero-order valence-electron chi connectivity index (χ0n) is 18.2. The van der Waals surface area contributed by atoms with Crippen molar-refractivity contribution in [3.8, 4) is 17.1 Å². The van der Waals surface area contributed by atoms with Gasteiger partial charge >= 0.3 is 0 Å². The van der Waals surface area contributed by atoms with Crippen molar-refractivity contribution in [2.75, 3.05) is 49.1 Å². The summed E-state index contributed by atoms with van der Waals surface area (Å²) in [6.07, 6.45) is 1.72. The molecule has 0 atom stereocenters. The van der Waals surface area contributed by atoms with Crippen LogP contribution in [-0.2, 0) is 9.59 Å². The molecule has 0 radical (unpaired) electrons. The van der Waals surface area contributed by atoms with E-state index < -0.39 is 0 Å². The van der Waals surface area contributed by atoms with Crippen LogP contribution in [0.3, 0.4) is 0 Å². The van der Waals surface area contributed by atoms with Crippen LogP contribution in [0.5, 0.6) is 5.75 Å². The highest BCUT2D eigenvalue weighted by atomic mass is 35.5. The van der Waals surface area contributed by atoms with Gasteiger partial charge in [-0.2, -0.15) is 0 Å². The molecule has 2 aliphatic heterocycles. The number of aromatic nitrogens is 1. The number of carbonyl (C=O) groups is 2. The standard InChI is InChI=1S/C24H23ClN4O4/c1-16-26-13-22(33-16)17-2-5-19(6-3-17)27-8-10-28(11-9-27)23(30)14-29-20-12-18(25)4-7-21(20)32-15-24(29)31/h2-7,12-13H,8-11,14-15H2,1H3. The molecule has 170 valence electrons. The number of aryl methyl sites for hydroxylation is 1. The minimum atomic E-state index is -0.251. The lowest BCUT2D eigenvalue weighted by atomic mass is 10.1. The Morgan fingerprint density at radius 1 is 1.09 bits per heavy atom. The number of hydrogen-bond acceptors (Lipinski definition) is 6. The number of amides is 2. The Balaban J connectivity index is 1.20. The molecule has 1 fully saturated rings. The first-order valence-electron chi connectivity index (χ1n) is 10.8. The summed E-state index contributed by atoms with van der Waals surface area (Å²) in [6, 6.07) is 13.2. The third kappa shape index (κ3) is 4.39. The summed E-state index contributed by atoms with van der Waals surface area (Å²) >= 11 is 6.09. The van der Waals surface area contributed by atoms with Gasteiger partial charge in [-0.15, -0.1) is 0 Å². The number of ether oxygens (including phenoxy) is 1. The summed E-state index contributed by atoms with van der Waals surface area (Å²) < 4.78 is 11.0. The topological polar surface area (TPSA) is 79.1 Å². The maximum absolute atomic E-state index is 13.0. The quantitative estimate of drug-likeness (QED) is 0.586. The van der Waals surface area contributed by atoms with Gasteiger partial charge in [0.05, 0.1) is 11.9 Å². The van der Waals surface area contributed by atoms with Gasteiger partial charge in [0, 0.05) is 49.4 Å². The third-order valence-electron chi connectivity index (χ3n) is 5.93.